The third-order valence-electron chi connectivity index (χ3n) is 6.86. The standard InChI is InChI=1S/C26H29N7O4/c1-31-7-2-8-32(10-9-31)23(34)15-27-25-24(17-3-6-21-22(13-17)37-12-11-36-21)33(26(35)30-25)18-4-5-19-20(14-18)29-16-28-19/h3-6,13-14,16,27H,2,7-12,15H2,1H3,(H,28,29)(H,30,35). The molecule has 3 N–H and O–H groups in total. The Balaban J connectivity index is 1.38. The van der Waals surface area contributed by atoms with Crippen LogP contribution >= 0.6 is 0 Å². The molecule has 0 radical (unpaired) electrons. The first kappa shape index (κ1) is 23.2. The zero-order valence-corrected chi connectivity index (χ0v) is 20.6. The van der Waals surface area contributed by atoms with Gasteiger partial charge in [-0.25, -0.2) is 9.78 Å². The summed E-state index contributed by atoms with van der Waals surface area (Å²) in [4.78, 5) is 40.8. The molecule has 2 aromatic carbocycles. The van der Waals surface area contributed by atoms with Gasteiger partial charge in [-0.05, 0) is 56.4 Å². The van der Waals surface area contributed by atoms with Crippen LogP contribution in [0.4, 0.5) is 5.82 Å². The molecular weight excluding hydrogens is 474 g/mol. The van der Waals surface area contributed by atoms with Crippen molar-refractivity contribution in [3.63, 3.8) is 0 Å². The van der Waals surface area contributed by atoms with E-state index < -0.39 is 0 Å². The molecular formula is C26H29N7O4. The van der Waals surface area contributed by atoms with Crippen molar-refractivity contribution >= 4 is 22.8 Å². The second-order valence-corrected chi connectivity index (χ2v) is 9.34. The number of benzene rings is 2. The molecule has 1 amide bonds. The lowest BCUT2D eigenvalue weighted by atomic mass is 10.1. The minimum Gasteiger partial charge on any atom is -0.486 e. The van der Waals surface area contributed by atoms with Gasteiger partial charge in [0.25, 0.3) is 0 Å². The molecule has 0 unspecified atom stereocenters. The molecule has 11 nitrogen and oxygen atoms in total. The van der Waals surface area contributed by atoms with Crippen LogP contribution in [0.3, 0.4) is 0 Å². The van der Waals surface area contributed by atoms with Gasteiger partial charge in [-0.1, -0.05) is 0 Å². The highest BCUT2D eigenvalue weighted by atomic mass is 16.6. The molecule has 4 aromatic rings. The van der Waals surface area contributed by atoms with Crippen LogP contribution in [0.1, 0.15) is 6.42 Å². The first-order valence-corrected chi connectivity index (χ1v) is 12.5. The number of rotatable bonds is 5. The predicted molar refractivity (Wildman–Crippen MR) is 140 cm³/mol. The van der Waals surface area contributed by atoms with Crippen LogP contribution in [-0.4, -0.2) is 88.2 Å². The van der Waals surface area contributed by atoms with E-state index in [2.05, 4.69) is 32.2 Å². The maximum atomic E-state index is 13.3. The third kappa shape index (κ3) is 4.53. The summed E-state index contributed by atoms with van der Waals surface area (Å²) in [7, 11) is 2.07. The molecule has 2 aromatic heterocycles. The maximum absolute atomic E-state index is 13.3. The highest BCUT2D eigenvalue weighted by Crippen LogP contribution is 2.37. The second-order valence-electron chi connectivity index (χ2n) is 9.34. The number of amides is 1. The number of fused-ring (bicyclic) bond motifs is 2. The molecule has 0 bridgehead atoms. The van der Waals surface area contributed by atoms with Gasteiger partial charge in [-0.15, -0.1) is 0 Å². The Labute approximate surface area is 213 Å². The lowest BCUT2D eigenvalue weighted by Gasteiger charge is -2.21. The summed E-state index contributed by atoms with van der Waals surface area (Å²) in [6, 6.07) is 11.2. The quantitative estimate of drug-likeness (QED) is 0.381. The van der Waals surface area contributed by atoms with Gasteiger partial charge in [0.2, 0.25) is 5.91 Å². The first-order chi connectivity index (χ1) is 18.1. The lowest BCUT2D eigenvalue weighted by molar-refractivity contribution is -0.129. The molecule has 1 saturated heterocycles. The van der Waals surface area contributed by atoms with Crippen LogP contribution in [-0.2, 0) is 4.79 Å². The largest absolute Gasteiger partial charge is 0.486 e. The van der Waals surface area contributed by atoms with Crippen molar-refractivity contribution in [2.45, 2.75) is 6.42 Å². The van der Waals surface area contributed by atoms with Crippen LogP contribution < -0.4 is 20.5 Å². The minimum absolute atomic E-state index is 0.00379. The molecule has 2 aliphatic heterocycles. The number of H-pyrrole nitrogens is 2. The Morgan fingerprint density at radius 2 is 1.92 bits per heavy atom. The molecule has 37 heavy (non-hydrogen) atoms. The fourth-order valence-electron chi connectivity index (χ4n) is 4.91. The van der Waals surface area contributed by atoms with E-state index in [1.54, 1.807) is 10.9 Å². The summed E-state index contributed by atoms with van der Waals surface area (Å²) < 4.78 is 13.1. The summed E-state index contributed by atoms with van der Waals surface area (Å²) >= 11 is 0. The average Bonchev–Trinajstić information content (AvgIpc) is 3.44. The number of aromatic amines is 2. The normalized spacial score (nSPS) is 16.1. The number of likely N-dealkylation sites (N-methyl/N-ethyl adjacent to an activating group) is 1. The van der Waals surface area contributed by atoms with E-state index >= 15 is 0 Å². The Bertz CT molecular complexity index is 1500. The van der Waals surface area contributed by atoms with Crippen LogP contribution in [0.25, 0.3) is 28.0 Å². The van der Waals surface area contributed by atoms with E-state index in [1.165, 1.54) is 0 Å². The summed E-state index contributed by atoms with van der Waals surface area (Å²) in [6.07, 6.45) is 2.56. The van der Waals surface area contributed by atoms with Crippen molar-refractivity contribution < 1.29 is 14.3 Å². The van der Waals surface area contributed by atoms with E-state index in [0.29, 0.717) is 48.5 Å². The molecule has 4 heterocycles. The van der Waals surface area contributed by atoms with E-state index in [-0.39, 0.29) is 18.1 Å². The monoisotopic (exact) mass is 503 g/mol. The number of carbonyl (C=O) groups excluding carboxylic acids is 1. The third-order valence-corrected chi connectivity index (χ3v) is 6.86. The Morgan fingerprint density at radius 3 is 2.81 bits per heavy atom. The number of ether oxygens (including phenoxy) is 2. The number of nitrogens with zero attached hydrogens (tertiary/aromatic N) is 4. The second kappa shape index (κ2) is 9.66. The lowest BCUT2D eigenvalue weighted by Crippen LogP contribution is -2.38. The highest BCUT2D eigenvalue weighted by Gasteiger charge is 2.23. The van der Waals surface area contributed by atoms with Gasteiger partial charge in [-0.2, -0.15) is 0 Å². The van der Waals surface area contributed by atoms with Crippen molar-refractivity contribution in [1.82, 2.24) is 29.3 Å². The number of hydrogen-bond donors (Lipinski definition) is 3. The Hall–Kier alpha value is -4.25. The number of aromatic nitrogens is 4. The molecule has 0 saturated carbocycles. The number of imidazole rings is 2. The van der Waals surface area contributed by atoms with Gasteiger partial charge in [0.1, 0.15) is 19.0 Å². The smallest absolute Gasteiger partial charge is 0.332 e. The maximum Gasteiger partial charge on any atom is 0.332 e. The Kier molecular flexibility index (Phi) is 6.05. The van der Waals surface area contributed by atoms with Gasteiger partial charge in [0.05, 0.1) is 35.3 Å². The molecule has 2 aliphatic rings. The van der Waals surface area contributed by atoms with E-state index in [9.17, 15) is 9.59 Å². The fraction of sp³-hybridized carbons (Fsp3) is 0.346. The van der Waals surface area contributed by atoms with E-state index in [0.717, 1.165) is 42.7 Å². The molecule has 11 heteroatoms. The van der Waals surface area contributed by atoms with Gasteiger partial charge in [-0.3, -0.25) is 14.3 Å². The average molecular weight is 504 g/mol. The van der Waals surface area contributed by atoms with Gasteiger partial charge in [0, 0.05) is 25.2 Å². The summed E-state index contributed by atoms with van der Waals surface area (Å²) in [5.74, 6) is 1.74. The molecule has 6 rings (SSSR count). The zero-order valence-electron chi connectivity index (χ0n) is 20.6. The SMILES string of the molecule is CN1CCCN(C(=O)CNc2[nH]c(=O)n(-c3ccc4nc[nH]c4c3)c2-c2ccc3c(c2)OCCO3)CC1. The number of carbonyl (C=O) groups is 1. The number of anilines is 1. The van der Waals surface area contributed by atoms with Crippen molar-refractivity contribution in [3.8, 4) is 28.4 Å². The van der Waals surface area contributed by atoms with Gasteiger partial charge < -0.3 is 29.6 Å². The van der Waals surface area contributed by atoms with Gasteiger partial charge >= 0.3 is 5.69 Å². The van der Waals surface area contributed by atoms with Crippen molar-refractivity contribution in [1.29, 1.82) is 0 Å². The van der Waals surface area contributed by atoms with E-state index in [4.69, 9.17) is 9.47 Å². The molecule has 1 fully saturated rings. The van der Waals surface area contributed by atoms with Crippen LogP contribution in [0, 0.1) is 0 Å². The number of nitrogens with one attached hydrogen (secondary N) is 3. The van der Waals surface area contributed by atoms with Gasteiger partial charge in [0.15, 0.2) is 11.5 Å². The Morgan fingerprint density at radius 1 is 1.05 bits per heavy atom. The molecule has 192 valence electrons. The zero-order chi connectivity index (χ0) is 25.4. The minimum atomic E-state index is -0.324. The van der Waals surface area contributed by atoms with Crippen LogP contribution in [0.2, 0.25) is 0 Å². The summed E-state index contributed by atoms with van der Waals surface area (Å²) in [5, 5.41) is 3.21. The summed E-state index contributed by atoms with van der Waals surface area (Å²) in [6.45, 7) is 4.25. The fourth-order valence-corrected chi connectivity index (χ4v) is 4.91. The molecule has 0 atom stereocenters. The number of hydrogen-bond acceptors (Lipinski definition) is 7. The molecule has 0 aliphatic carbocycles. The molecule has 0 spiro atoms. The van der Waals surface area contributed by atoms with Crippen molar-refractivity contribution in [2.24, 2.45) is 0 Å². The van der Waals surface area contributed by atoms with Crippen LogP contribution in [0.15, 0.2) is 47.5 Å². The van der Waals surface area contributed by atoms with E-state index in [1.807, 2.05) is 41.3 Å². The predicted octanol–water partition coefficient (Wildman–Crippen LogP) is 2.06. The highest BCUT2D eigenvalue weighted by molar-refractivity contribution is 5.84. The topological polar surface area (TPSA) is 121 Å². The van der Waals surface area contributed by atoms with Crippen molar-refractivity contribution in [2.75, 3.05) is 58.3 Å². The summed E-state index contributed by atoms with van der Waals surface area (Å²) in [5.41, 5.74) is 3.31. The van der Waals surface area contributed by atoms with Crippen LogP contribution in [0.5, 0.6) is 11.5 Å². The van der Waals surface area contributed by atoms with Crippen molar-refractivity contribution in [3.05, 3.63) is 53.2 Å². The first-order valence-electron chi connectivity index (χ1n) is 12.5.